The van der Waals surface area contributed by atoms with Gasteiger partial charge in [0.15, 0.2) is 0 Å². The molecule has 2 nitrogen and oxygen atoms in total. The average molecular weight is 198 g/mol. The number of rotatable bonds is 6. The standard InChI is InChI=1S/C12H26N2/c1-14(10-5-9-13)11-8-12-6-3-2-4-7-12/h12H,2-11,13H2,1H3. The lowest BCUT2D eigenvalue weighted by molar-refractivity contribution is 0.264. The van der Waals surface area contributed by atoms with Crippen LogP contribution < -0.4 is 5.73 Å². The summed E-state index contributed by atoms with van der Waals surface area (Å²) in [5.74, 6) is 1.02. The van der Waals surface area contributed by atoms with Crippen molar-refractivity contribution in [2.75, 3.05) is 26.7 Å². The maximum atomic E-state index is 5.49. The molecule has 1 aliphatic rings. The maximum Gasteiger partial charge on any atom is -0.000977 e. The smallest absolute Gasteiger partial charge is 0.000977 e. The van der Waals surface area contributed by atoms with Gasteiger partial charge in [-0.1, -0.05) is 32.1 Å². The molecule has 0 aromatic heterocycles. The first-order chi connectivity index (χ1) is 6.83. The summed E-state index contributed by atoms with van der Waals surface area (Å²) in [7, 11) is 2.22. The molecule has 0 saturated heterocycles. The van der Waals surface area contributed by atoms with E-state index in [0.717, 1.165) is 18.9 Å². The molecule has 0 bridgehead atoms. The molecular weight excluding hydrogens is 172 g/mol. The van der Waals surface area contributed by atoms with E-state index >= 15 is 0 Å². The van der Waals surface area contributed by atoms with Crippen molar-refractivity contribution in [2.24, 2.45) is 11.7 Å². The van der Waals surface area contributed by atoms with Crippen molar-refractivity contribution in [3.05, 3.63) is 0 Å². The molecule has 0 radical (unpaired) electrons. The molecule has 1 fully saturated rings. The molecule has 0 atom stereocenters. The van der Waals surface area contributed by atoms with E-state index in [4.69, 9.17) is 5.73 Å². The predicted octanol–water partition coefficient (Wildman–Crippen LogP) is 2.24. The first-order valence-corrected chi connectivity index (χ1v) is 6.21. The summed E-state index contributed by atoms with van der Waals surface area (Å²) < 4.78 is 0. The molecule has 0 aromatic rings. The van der Waals surface area contributed by atoms with E-state index < -0.39 is 0 Å². The van der Waals surface area contributed by atoms with Crippen molar-refractivity contribution in [3.8, 4) is 0 Å². The molecule has 14 heavy (non-hydrogen) atoms. The Hall–Kier alpha value is -0.0800. The van der Waals surface area contributed by atoms with Gasteiger partial charge >= 0.3 is 0 Å². The van der Waals surface area contributed by atoms with Crippen LogP contribution in [0.25, 0.3) is 0 Å². The lowest BCUT2D eigenvalue weighted by Gasteiger charge is -2.24. The average Bonchev–Trinajstić information content (AvgIpc) is 2.25. The van der Waals surface area contributed by atoms with Crippen LogP contribution in [0.5, 0.6) is 0 Å². The second kappa shape index (κ2) is 7.24. The van der Waals surface area contributed by atoms with Crippen LogP contribution in [0.3, 0.4) is 0 Å². The Kier molecular flexibility index (Phi) is 6.20. The van der Waals surface area contributed by atoms with Gasteiger partial charge in [0.2, 0.25) is 0 Å². The van der Waals surface area contributed by atoms with Crippen LogP contribution >= 0.6 is 0 Å². The summed E-state index contributed by atoms with van der Waals surface area (Å²) in [6.07, 6.45) is 9.91. The Balaban J connectivity index is 2.00. The van der Waals surface area contributed by atoms with Crippen molar-refractivity contribution in [2.45, 2.75) is 44.9 Å². The summed E-state index contributed by atoms with van der Waals surface area (Å²) in [6, 6.07) is 0. The fourth-order valence-electron chi connectivity index (χ4n) is 2.35. The fraction of sp³-hybridized carbons (Fsp3) is 1.00. The van der Waals surface area contributed by atoms with E-state index in [1.54, 1.807) is 0 Å². The molecule has 2 heteroatoms. The van der Waals surface area contributed by atoms with Crippen LogP contribution in [-0.4, -0.2) is 31.6 Å². The first-order valence-electron chi connectivity index (χ1n) is 6.21. The minimum atomic E-state index is 0.827. The van der Waals surface area contributed by atoms with Crippen molar-refractivity contribution >= 4 is 0 Å². The van der Waals surface area contributed by atoms with Crippen LogP contribution in [-0.2, 0) is 0 Å². The maximum absolute atomic E-state index is 5.49. The Labute approximate surface area is 88.8 Å². The third kappa shape index (κ3) is 4.97. The molecule has 0 spiro atoms. The number of nitrogens with zero attached hydrogens (tertiary/aromatic N) is 1. The van der Waals surface area contributed by atoms with Crippen LogP contribution in [0, 0.1) is 5.92 Å². The lowest BCUT2D eigenvalue weighted by Crippen LogP contribution is -2.25. The topological polar surface area (TPSA) is 29.3 Å². The van der Waals surface area contributed by atoms with Crippen molar-refractivity contribution in [1.82, 2.24) is 4.90 Å². The summed E-state index contributed by atoms with van der Waals surface area (Å²) >= 11 is 0. The highest BCUT2D eigenvalue weighted by Crippen LogP contribution is 2.26. The third-order valence-corrected chi connectivity index (χ3v) is 3.39. The molecule has 0 aromatic carbocycles. The second-order valence-corrected chi connectivity index (χ2v) is 4.74. The van der Waals surface area contributed by atoms with Gasteiger partial charge < -0.3 is 10.6 Å². The van der Waals surface area contributed by atoms with Gasteiger partial charge in [-0.25, -0.2) is 0 Å². The molecular formula is C12H26N2. The summed E-state index contributed by atoms with van der Waals surface area (Å²) in [4.78, 5) is 2.43. The minimum Gasteiger partial charge on any atom is -0.330 e. The van der Waals surface area contributed by atoms with Crippen molar-refractivity contribution < 1.29 is 0 Å². The van der Waals surface area contributed by atoms with Crippen LogP contribution in [0.4, 0.5) is 0 Å². The van der Waals surface area contributed by atoms with Crippen molar-refractivity contribution in [1.29, 1.82) is 0 Å². The number of hydrogen-bond donors (Lipinski definition) is 1. The molecule has 1 aliphatic carbocycles. The predicted molar refractivity (Wildman–Crippen MR) is 62.4 cm³/mol. The monoisotopic (exact) mass is 198 g/mol. The van der Waals surface area contributed by atoms with Crippen molar-refractivity contribution in [3.63, 3.8) is 0 Å². The molecule has 1 rings (SSSR count). The van der Waals surface area contributed by atoms with Gasteiger partial charge in [-0.05, 0) is 45.4 Å². The highest BCUT2D eigenvalue weighted by Gasteiger charge is 2.13. The zero-order chi connectivity index (χ0) is 10.2. The summed E-state index contributed by atoms with van der Waals surface area (Å²) in [5, 5.41) is 0. The highest BCUT2D eigenvalue weighted by atomic mass is 15.1. The molecule has 84 valence electrons. The number of hydrogen-bond acceptors (Lipinski definition) is 2. The van der Waals surface area contributed by atoms with E-state index in [1.165, 1.54) is 51.6 Å². The molecule has 0 heterocycles. The molecule has 0 unspecified atom stereocenters. The second-order valence-electron chi connectivity index (χ2n) is 4.74. The van der Waals surface area contributed by atoms with Gasteiger partial charge in [0, 0.05) is 0 Å². The van der Waals surface area contributed by atoms with Gasteiger partial charge in [-0.15, -0.1) is 0 Å². The summed E-state index contributed by atoms with van der Waals surface area (Å²) in [6.45, 7) is 3.27. The van der Waals surface area contributed by atoms with E-state index in [1.807, 2.05) is 0 Å². The zero-order valence-electron chi connectivity index (χ0n) is 9.67. The van der Waals surface area contributed by atoms with Gasteiger partial charge in [-0.3, -0.25) is 0 Å². The fourth-order valence-corrected chi connectivity index (χ4v) is 2.35. The van der Waals surface area contributed by atoms with Gasteiger partial charge in [0.25, 0.3) is 0 Å². The Morgan fingerprint density at radius 2 is 1.86 bits per heavy atom. The Morgan fingerprint density at radius 3 is 2.50 bits per heavy atom. The van der Waals surface area contributed by atoms with Gasteiger partial charge in [0.1, 0.15) is 0 Å². The van der Waals surface area contributed by atoms with E-state index in [-0.39, 0.29) is 0 Å². The van der Waals surface area contributed by atoms with E-state index in [2.05, 4.69) is 11.9 Å². The van der Waals surface area contributed by atoms with Gasteiger partial charge in [-0.2, -0.15) is 0 Å². The third-order valence-electron chi connectivity index (χ3n) is 3.39. The van der Waals surface area contributed by atoms with E-state index in [0.29, 0.717) is 0 Å². The highest BCUT2D eigenvalue weighted by molar-refractivity contribution is 4.67. The Morgan fingerprint density at radius 1 is 1.14 bits per heavy atom. The number of nitrogens with two attached hydrogens (primary N) is 1. The zero-order valence-corrected chi connectivity index (χ0v) is 9.67. The van der Waals surface area contributed by atoms with Crippen LogP contribution in [0.2, 0.25) is 0 Å². The SMILES string of the molecule is CN(CCCN)CCC1CCCCC1. The molecule has 0 amide bonds. The van der Waals surface area contributed by atoms with Crippen LogP contribution in [0.1, 0.15) is 44.9 Å². The first kappa shape index (κ1) is 12.0. The quantitative estimate of drug-likeness (QED) is 0.709. The Bertz CT molecular complexity index is 130. The largest absolute Gasteiger partial charge is 0.330 e. The molecule has 1 saturated carbocycles. The molecule has 2 N–H and O–H groups in total. The normalized spacial score (nSPS) is 19.1. The van der Waals surface area contributed by atoms with Crippen LogP contribution in [0.15, 0.2) is 0 Å². The summed E-state index contributed by atoms with van der Waals surface area (Å²) in [5.41, 5.74) is 5.49. The van der Waals surface area contributed by atoms with Gasteiger partial charge in [0.05, 0.1) is 0 Å². The van der Waals surface area contributed by atoms with E-state index in [9.17, 15) is 0 Å². The minimum absolute atomic E-state index is 0.827. The molecule has 0 aliphatic heterocycles. The lowest BCUT2D eigenvalue weighted by atomic mass is 9.87.